The molecule has 3 aromatic carbocycles. The largest absolute Gasteiger partial charge is 0.325 e. The summed E-state index contributed by atoms with van der Waals surface area (Å²) in [6.45, 7) is 0. The maximum absolute atomic E-state index is 12.2. The monoisotopic (exact) mass is 341 g/mol. The van der Waals surface area contributed by atoms with Gasteiger partial charge in [0.15, 0.2) is 0 Å². The van der Waals surface area contributed by atoms with Crippen LogP contribution in [-0.2, 0) is 4.79 Å². The Morgan fingerprint density at radius 3 is 2.52 bits per heavy atom. The minimum Gasteiger partial charge on any atom is -0.325 e. The molecule has 0 saturated heterocycles. The highest BCUT2D eigenvalue weighted by Gasteiger charge is 2.28. The quantitative estimate of drug-likeness (QED) is 0.611. The van der Waals surface area contributed by atoms with Crippen LogP contribution in [0.5, 0.6) is 0 Å². The first-order chi connectivity index (χ1) is 11.1. The van der Waals surface area contributed by atoms with E-state index in [2.05, 4.69) is 5.32 Å². The van der Waals surface area contributed by atoms with Gasteiger partial charge in [-0.2, -0.15) is 0 Å². The lowest BCUT2D eigenvalue weighted by atomic mass is 9.83. The van der Waals surface area contributed by atoms with Gasteiger partial charge in [0.1, 0.15) is 0 Å². The van der Waals surface area contributed by atoms with Crippen LogP contribution in [0.3, 0.4) is 0 Å². The molecule has 1 heterocycles. The van der Waals surface area contributed by atoms with E-state index in [-0.39, 0.29) is 11.8 Å². The van der Waals surface area contributed by atoms with E-state index in [0.717, 1.165) is 27.6 Å². The van der Waals surface area contributed by atoms with Crippen molar-refractivity contribution < 1.29 is 4.79 Å². The van der Waals surface area contributed by atoms with E-state index in [1.807, 2.05) is 54.6 Å². The van der Waals surface area contributed by atoms with E-state index in [0.29, 0.717) is 16.5 Å². The fraction of sp³-hybridized carbons (Fsp3) is 0.105. The van der Waals surface area contributed by atoms with Crippen molar-refractivity contribution >= 4 is 45.6 Å². The molecule has 0 radical (unpaired) electrons. The van der Waals surface area contributed by atoms with Crippen LogP contribution in [0, 0.1) is 0 Å². The number of benzene rings is 3. The maximum Gasteiger partial charge on any atom is 0.225 e. The molecule has 4 rings (SSSR count). The van der Waals surface area contributed by atoms with E-state index in [1.165, 1.54) is 0 Å². The SMILES string of the molecule is O=C1CC(c2cccc(Cl)c2)c2cc(Cl)c3ccccc3c2N1. The second-order valence-electron chi connectivity index (χ2n) is 5.73. The summed E-state index contributed by atoms with van der Waals surface area (Å²) < 4.78 is 0. The molecule has 0 fully saturated rings. The Morgan fingerprint density at radius 2 is 1.74 bits per heavy atom. The topological polar surface area (TPSA) is 29.1 Å². The number of halogens is 2. The number of nitrogens with one attached hydrogen (secondary N) is 1. The molecule has 0 aliphatic carbocycles. The minimum absolute atomic E-state index is 0.00921. The summed E-state index contributed by atoms with van der Waals surface area (Å²) >= 11 is 12.6. The van der Waals surface area contributed by atoms with E-state index in [1.54, 1.807) is 0 Å². The Morgan fingerprint density at radius 1 is 0.957 bits per heavy atom. The number of rotatable bonds is 1. The second-order valence-corrected chi connectivity index (χ2v) is 6.57. The van der Waals surface area contributed by atoms with E-state index < -0.39 is 0 Å². The molecule has 1 aliphatic heterocycles. The van der Waals surface area contributed by atoms with Gasteiger partial charge in [0, 0.05) is 33.2 Å². The van der Waals surface area contributed by atoms with E-state index >= 15 is 0 Å². The third-order valence-corrected chi connectivity index (χ3v) is 4.85. The highest BCUT2D eigenvalue weighted by atomic mass is 35.5. The highest BCUT2D eigenvalue weighted by Crippen LogP contribution is 2.43. The number of carbonyl (C=O) groups is 1. The van der Waals surface area contributed by atoms with Crippen LogP contribution in [0.25, 0.3) is 10.8 Å². The van der Waals surface area contributed by atoms with E-state index in [9.17, 15) is 4.79 Å². The predicted molar refractivity (Wildman–Crippen MR) is 95.5 cm³/mol. The summed E-state index contributed by atoms with van der Waals surface area (Å²) in [5.41, 5.74) is 2.92. The number of hydrogen-bond donors (Lipinski definition) is 1. The Hall–Kier alpha value is -2.03. The van der Waals surface area contributed by atoms with Crippen molar-refractivity contribution in [2.24, 2.45) is 0 Å². The third-order valence-electron chi connectivity index (χ3n) is 4.31. The molecule has 1 amide bonds. The molecule has 0 saturated carbocycles. The highest BCUT2D eigenvalue weighted by molar-refractivity contribution is 6.36. The van der Waals surface area contributed by atoms with Crippen molar-refractivity contribution in [2.75, 3.05) is 5.32 Å². The van der Waals surface area contributed by atoms with Gasteiger partial charge < -0.3 is 5.32 Å². The number of hydrogen-bond acceptors (Lipinski definition) is 1. The van der Waals surface area contributed by atoms with Gasteiger partial charge in [-0.05, 0) is 29.3 Å². The average molecular weight is 342 g/mol. The summed E-state index contributed by atoms with van der Waals surface area (Å²) in [6.07, 6.45) is 0.391. The van der Waals surface area contributed by atoms with Gasteiger partial charge in [0.25, 0.3) is 0 Å². The van der Waals surface area contributed by atoms with Crippen molar-refractivity contribution in [3.8, 4) is 0 Å². The zero-order valence-corrected chi connectivity index (χ0v) is 13.7. The lowest BCUT2D eigenvalue weighted by molar-refractivity contribution is -0.116. The molecule has 1 unspecified atom stereocenters. The van der Waals surface area contributed by atoms with Gasteiger partial charge in [0.2, 0.25) is 5.91 Å². The van der Waals surface area contributed by atoms with Crippen LogP contribution in [0.2, 0.25) is 10.0 Å². The van der Waals surface area contributed by atoms with Gasteiger partial charge in [0.05, 0.1) is 5.69 Å². The van der Waals surface area contributed by atoms with Gasteiger partial charge in [-0.3, -0.25) is 4.79 Å². The minimum atomic E-state index is -0.0421. The number of fused-ring (bicyclic) bond motifs is 3. The molecule has 0 spiro atoms. The van der Waals surface area contributed by atoms with Crippen molar-refractivity contribution in [3.05, 3.63) is 75.8 Å². The summed E-state index contributed by atoms with van der Waals surface area (Å²) in [4.78, 5) is 12.2. The standard InChI is InChI=1S/C19H13Cl2NO/c20-12-5-3-4-11(8-12)15-10-18(23)22-19-14-7-2-1-6-13(14)17(21)9-16(15)19/h1-9,15H,10H2,(H,22,23). The molecular weight excluding hydrogens is 329 g/mol. The van der Waals surface area contributed by atoms with Crippen LogP contribution < -0.4 is 5.32 Å². The number of anilines is 1. The van der Waals surface area contributed by atoms with Crippen molar-refractivity contribution in [3.63, 3.8) is 0 Å². The third kappa shape index (κ3) is 2.48. The normalized spacial score (nSPS) is 17.0. The average Bonchev–Trinajstić information content (AvgIpc) is 2.55. The molecular formula is C19H13Cl2NO. The zero-order chi connectivity index (χ0) is 16.0. The fourth-order valence-corrected chi connectivity index (χ4v) is 3.75. The first kappa shape index (κ1) is 14.6. The van der Waals surface area contributed by atoms with Crippen molar-refractivity contribution in [1.82, 2.24) is 0 Å². The molecule has 1 N–H and O–H groups in total. The molecule has 1 aliphatic rings. The molecule has 23 heavy (non-hydrogen) atoms. The first-order valence-corrected chi connectivity index (χ1v) is 8.15. The summed E-state index contributed by atoms with van der Waals surface area (Å²) in [5.74, 6) is -0.0329. The fourth-order valence-electron chi connectivity index (χ4n) is 3.27. The molecule has 3 aromatic rings. The molecule has 114 valence electrons. The van der Waals surface area contributed by atoms with E-state index in [4.69, 9.17) is 23.2 Å². The lowest BCUT2D eigenvalue weighted by Crippen LogP contribution is -2.23. The van der Waals surface area contributed by atoms with Crippen molar-refractivity contribution in [1.29, 1.82) is 0 Å². The van der Waals surface area contributed by atoms with Crippen LogP contribution in [0.1, 0.15) is 23.5 Å². The molecule has 0 bridgehead atoms. The summed E-state index contributed by atoms with van der Waals surface area (Å²) in [7, 11) is 0. The van der Waals surface area contributed by atoms with Crippen LogP contribution in [0.4, 0.5) is 5.69 Å². The van der Waals surface area contributed by atoms with Crippen LogP contribution in [0.15, 0.2) is 54.6 Å². The molecule has 2 nitrogen and oxygen atoms in total. The Labute approximate surface area is 144 Å². The molecule has 0 aromatic heterocycles. The van der Waals surface area contributed by atoms with Crippen LogP contribution >= 0.6 is 23.2 Å². The van der Waals surface area contributed by atoms with Gasteiger partial charge in [-0.1, -0.05) is 59.6 Å². The first-order valence-electron chi connectivity index (χ1n) is 7.40. The summed E-state index contributed by atoms with van der Waals surface area (Å²) in [6, 6.07) is 17.5. The Kier molecular flexibility index (Phi) is 3.51. The summed E-state index contributed by atoms with van der Waals surface area (Å²) in [5, 5.41) is 6.29. The number of carbonyl (C=O) groups excluding carboxylic acids is 1. The Balaban J connectivity index is 1.99. The van der Waals surface area contributed by atoms with Crippen LogP contribution in [-0.4, -0.2) is 5.91 Å². The predicted octanol–water partition coefficient (Wildman–Crippen LogP) is 5.62. The van der Waals surface area contributed by atoms with Gasteiger partial charge in [-0.15, -0.1) is 0 Å². The zero-order valence-electron chi connectivity index (χ0n) is 12.1. The van der Waals surface area contributed by atoms with Gasteiger partial charge in [-0.25, -0.2) is 0 Å². The second kappa shape index (κ2) is 5.55. The lowest BCUT2D eigenvalue weighted by Gasteiger charge is -2.28. The molecule has 4 heteroatoms. The van der Waals surface area contributed by atoms with Crippen molar-refractivity contribution in [2.45, 2.75) is 12.3 Å². The smallest absolute Gasteiger partial charge is 0.225 e. The maximum atomic E-state index is 12.2. The number of amides is 1. The van der Waals surface area contributed by atoms with Gasteiger partial charge >= 0.3 is 0 Å². The Bertz CT molecular complexity index is 936. The molecule has 1 atom stereocenters.